The second-order valence-corrected chi connectivity index (χ2v) is 7.12. The van der Waals surface area contributed by atoms with Crippen LogP contribution in [0.3, 0.4) is 0 Å². The summed E-state index contributed by atoms with van der Waals surface area (Å²) in [5.74, 6) is -0.122. The Balaban J connectivity index is 1.69. The number of benzene rings is 1. The van der Waals surface area contributed by atoms with Gasteiger partial charge < -0.3 is 5.32 Å². The van der Waals surface area contributed by atoms with Crippen LogP contribution in [0.25, 0.3) is 0 Å². The predicted molar refractivity (Wildman–Crippen MR) is 82.8 cm³/mol. The largest absolute Gasteiger partial charge is 0.309 e. The van der Waals surface area contributed by atoms with E-state index in [1.165, 1.54) is 10.4 Å². The minimum atomic E-state index is -0.122. The Kier molecular flexibility index (Phi) is 3.65. The Morgan fingerprint density at radius 3 is 2.95 bits per heavy atom. The first-order chi connectivity index (χ1) is 9.56. The monoisotopic (exact) mass is 289 g/mol. The summed E-state index contributed by atoms with van der Waals surface area (Å²) in [6, 6.07) is 9.86. The van der Waals surface area contributed by atoms with E-state index in [0.717, 1.165) is 24.9 Å². The molecular formula is C17H20FNS. The number of aryl methyl sites for hydroxylation is 1. The number of hydrogen-bond acceptors (Lipinski definition) is 2. The lowest BCUT2D eigenvalue weighted by Crippen LogP contribution is -2.34. The van der Waals surface area contributed by atoms with E-state index in [-0.39, 0.29) is 11.2 Å². The number of fused-ring (bicyclic) bond motifs is 1. The van der Waals surface area contributed by atoms with Crippen LogP contribution in [0.4, 0.5) is 4.39 Å². The van der Waals surface area contributed by atoms with E-state index in [1.807, 2.05) is 17.4 Å². The molecule has 0 spiro atoms. The zero-order valence-corrected chi connectivity index (χ0v) is 12.8. The zero-order chi connectivity index (χ0) is 14.2. The van der Waals surface area contributed by atoms with Gasteiger partial charge >= 0.3 is 0 Å². The molecule has 1 nitrogen and oxygen atoms in total. The summed E-state index contributed by atoms with van der Waals surface area (Å²) in [6.07, 6.45) is 2.05. The van der Waals surface area contributed by atoms with Crippen molar-refractivity contribution in [1.82, 2.24) is 5.32 Å². The quantitative estimate of drug-likeness (QED) is 0.877. The van der Waals surface area contributed by atoms with E-state index in [2.05, 4.69) is 36.7 Å². The second-order valence-electron chi connectivity index (χ2n) is 6.18. The van der Waals surface area contributed by atoms with Gasteiger partial charge in [-0.25, -0.2) is 4.39 Å². The number of hydrogen-bond donors (Lipinski definition) is 1. The number of thiophene rings is 1. The molecule has 0 saturated carbocycles. The molecule has 1 aliphatic carbocycles. The lowest BCUT2D eigenvalue weighted by Gasteiger charge is -2.26. The van der Waals surface area contributed by atoms with Crippen LogP contribution in [0.5, 0.6) is 0 Å². The van der Waals surface area contributed by atoms with Crippen LogP contribution >= 0.6 is 11.3 Å². The summed E-state index contributed by atoms with van der Waals surface area (Å²) in [7, 11) is 0. The lowest BCUT2D eigenvalue weighted by atomic mass is 9.91. The van der Waals surface area contributed by atoms with Crippen LogP contribution in [0, 0.1) is 5.82 Å². The summed E-state index contributed by atoms with van der Waals surface area (Å²) in [4.78, 5) is 1.40. The van der Waals surface area contributed by atoms with Crippen molar-refractivity contribution in [2.45, 2.75) is 38.1 Å². The Hall–Kier alpha value is -1.19. The van der Waals surface area contributed by atoms with Gasteiger partial charge in [0.25, 0.3) is 0 Å². The standard InChI is InChI=1S/C17H20FNS/c1-17(2,16-4-3-9-20-16)11-19-15-8-5-12-10-13(18)6-7-14(12)15/h3-4,6-7,9-10,15,19H,5,8,11H2,1-2H3. The van der Waals surface area contributed by atoms with Gasteiger partial charge in [0.15, 0.2) is 0 Å². The molecule has 0 aliphatic heterocycles. The SMILES string of the molecule is CC(C)(CNC1CCc2cc(F)ccc21)c1cccs1. The number of rotatable bonds is 4. The van der Waals surface area contributed by atoms with Crippen molar-refractivity contribution < 1.29 is 4.39 Å². The van der Waals surface area contributed by atoms with Crippen LogP contribution < -0.4 is 5.32 Å². The normalized spacial score (nSPS) is 18.2. The highest BCUT2D eigenvalue weighted by atomic mass is 32.1. The highest BCUT2D eigenvalue weighted by Gasteiger charge is 2.27. The molecule has 0 saturated heterocycles. The van der Waals surface area contributed by atoms with Gasteiger partial charge in [0.05, 0.1) is 0 Å². The zero-order valence-electron chi connectivity index (χ0n) is 11.9. The Bertz CT molecular complexity index is 589. The molecule has 0 bridgehead atoms. The number of halogens is 1. The molecule has 1 heterocycles. The topological polar surface area (TPSA) is 12.0 Å². The highest BCUT2D eigenvalue weighted by molar-refractivity contribution is 7.10. The molecular weight excluding hydrogens is 269 g/mol. The van der Waals surface area contributed by atoms with E-state index >= 15 is 0 Å². The molecule has 1 aromatic carbocycles. The van der Waals surface area contributed by atoms with Gasteiger partial charge in [-0.1, -0.05) is 26.0 Å². The van der Waals surface area contributed by atoms with Crippen LogP contribution in [-0.2, 0) is 11.8 Å². The third-order valence-electron chi connectivity index (χ3n) is 4.16. The van der Waals surface area contributed by atoms with E-state index in [1.54, 1.807) is 12.1 Å². The average molecular weight is 289 g/mol. The fourth-order valence-corrected chi connectivity index (χ4v) is 3.78. The van der Waals surface area contributed by atoms with Gasteiger partial charge in [0.1, 0.15) is 5.82 Å². The summed E-state index contributed by atoms with van der Waals surface area (Å²) >= 11 is 1.81. The molecule has 1 aromatic heterocycles. The highest BCUT2D eigenvalue weighted by Crippen LogP contribution is 2.33. The van der Waals surface area contributed by atoms with Gasteiger partial charge in [-0.15, -0.1) is 11.3 Å². The van der Waals surface area contributed by atoms with Crippen LogP contribution in [0.1, 0.15) is 42.3 Å². The van der Waals surface area contributed by atoms with E-state index in [9.17, 15) is 4.39 Å². The van der Waals surface area contributed by atoms with E-state index in [0.29, 0.717) is 6.04 Å². The van der Waals surface area contributed by atoms with Crippen molar-refractivity contribution in [2.24, 2.45) is 0 Å². The van der Waals surface area contributed by atoms with Crippen molar-refractivity contribution in [3.05, 3.63) is 57.5 Å². The Labute approximate surface area is 123 Å². The summed E-state index contributed by atoms with van der Waals surface area (Å²) in [5.41, 5.74) is 2.57. The molecule has 1 atom stereocenters. The predicted octanol–water partition coefficient (Wildman–Crippen LogP) is 4.44. The fourth-order valence-electron chi connectivity index (χ4n) is 2.93. The first-order valence-corrected chi connectivity index (χ1v) is 8.00. The van der Waals surface area contributed by atoms with Gasteiger partial charge in [0, 0.05) is 22.9 Å². The molecule has 0 fully saturated rings. The minimum Gasteiger partial charge on any atom is -0.309 e. The third kappa shape index (κ3) is 2.65. The minimum absolute atomic E-state index is 0.122. The van der Waals surface area contributed by atoms with Gasteiger partial charge in [-0.2, -0.15) is 0 Å². The Morgan fingerprint density at radius 1 is 1.35 bits per heavy atom. The van der Waals surface area contributed by atoms with E-state index in [4.69, 9.17) is 0 Å². The molecule has 1 N–H and O–H groups in total. The molecule has 20 heavy (non-hydrogen) atoms. The lowest BCUT2D eigenvalue weighted by molar-refractivity contribution is 0.426. The van der Waals surface area contributed by atoms with Crippen LogP contribution in [0.15, 0.2) is 35.7 Å². The summed E-state index contributed by atoms with van der Waals surface area (Å²) < 4.78 is 13.2. The van der Waals surface area contributed by atoms with Crippen molar-refractivity contribution in [3.63, 3.8) is 0 Å². The molecule has 3 rings (SSSR count). The van der Waals surface area contributed by atoms with Crippen molar-refractivity contribution in [2.75, 3.05) is 6.54 Å². The van der Waals surface area contributed by atoms with Gasteiger partial charge in [-0.05, 0) is 47.5 Å². The maximum absolute atomic E-state index is 13.2. The van der Waals surface area contributed by atoms with Gasteiger partial charge in [-0.3, -0.25) is 0 Å². The second kappa shape index (κ2) is 5.30. The molecule has 1 unspecified atom stereocenters. The van der Waals surface area contributed by atoms with Crippen molar-refractivity contribution in [1.29, 1.82) is 0 Å². The third-order valence-corrected chi connectivity index (χ3v) is 5.40. The molecule has 0 radical (unpaired) electrons. The van der Waals surface area contributed by atoms with Crippen molar-refractivity contribution in [3.8, 4) is 0 Å². The Morgan fingerprint density at radius 2 is 2.20 bits per heavy atom. The molecule has 106 valence electrons. The smallest absolute Gasteiger partial charge is 0.123 e. The first kappa shape index (κ1) is 13.8. The van der Waals surface area contributed by atoms with Crippen LogP contribution in [0.2, 0.25) is 0 Å². The maximum atomic E-state index is 13.2. The molecule has 2 aromatic rings. The number of nitrogens with one attached hydrogen (secondary N) is 1. The van der Waals surface area contributed by atoms with Crippen molar-refractivity contribution >= 4 is 11.3 Å². The fraction of sp³-hybridized carbons (Fsp3) is 0.412. The summed E-state index contributed by atoms with van der Waals surface area (Å²) in [5, 5.41) is 5.80. The first-order valence-electron chi connectivity index (χ1n) is 7.12. The molecule has 0 amide bonds. The maximum Gasteiger partial charge on any atom is 0.123 e. The molecule has 1 aliphatic rings. The molecule has 3 heteroatoms. The van der Waals surface area contributed by atoms with Gasteiger partial charge in [0.2, 0.25) is 0 Å². The van der Waals surface area contributed by atoms with E-state index < -0.39 is 0 Å². The summed E-state index contributed by atoms with van der Waals surface area (Å²) in [6.45, 7) is 5.48. The van der Waals surface area contributed by atoms with Crippen LogP contribution in [-0.4, -0.2) is 6.54 Å². The average Bonchev–Trinajstić information content (AvgIpc) is 3.06.